The molecule has 9 nitrogen and oxygen atoms in total. The van der Waals surface area contributed by atoms with Crippen molar-refractivity contribution < 1.29 is 41.5 Å². The first-order valence-electron chi connectivity index (χ1n) is 8.93. The highest BCUT2D eigenvalue weighted by Gasteiger charge is 2.34. The summed E-state index contributed by atoms with van der Waals surface area (Å²) in [4.78, 5) is 41.1. The molecular formula is C17H18F4N4O5. The minimum Gasteiger partial charge on any atom is -0.442 e. The maximum absolute atomic E-state index is 14.7. The Kier molecular flexibility index (Phi) is 6.59. The van der Waals surface area contributed by atoms with E-state index in [2.05, 4.69) is 0 Å². The third kappa shape index (κ3) is 4.72. The molecule has 2 saturated heterocycles. The number of hydrogen-bond donors (Lipinski definition) is 1. The van der Waals surface area contributed by atoms with Gasteiger partial charge in [-0.2, -0.15) is 8.78 Å². The van der Waals surface area contributed by atoms with E-state index in [4.69, 9.17) is 9.57 Å². The standard InChI is InChI=1S/C17H18F4N4O5/c18-12-5-10(25-8-11(30-17(25)28)7-22-16(27)15(20)21)6-13(19)14(12)23-1-2-24(9-26)29-4-3-23/h5-6,9,11,15H,1-4,7-8H2,(H,22,27)/t11-/m0/s1. The van der Waals surface area contributed by atoms with Gasteiger partial charge in [-0.15, -0.1) is 0 Å². The van der Waals surface area contributed by atoms with E-state index >= 15 is 0 Å². The van der Waals surface area contributed by atoms with Crippen molar-refractivity contribution in [1.82, 2.24) is 10.4 Å². The van der Waals surface area contributed by atoms with Gasteiger partial charge in [0.05, 0.1) is 31.9 Å². The highest BCUT2D eigenvalue weighted by Crippen LogP contribution is 2.31. The molecule has 0 aromatic heterocycles. The molecule has 164 valence electrons. The first-order valence-corrected chi connectivity index (χ1v) is 8.93. The first kappa shape index (κ1) is 21.6. The number of anilines is 2. The summed E-state index contributed by atoms with van der Waals surface area (Å²) in [6.45, 7) is -0.140. The van der Waals surface area contributed by atoms with E-state index in [9.17, 15) is 31.9 Å². The fourth-order valence-corrected chi connectivity index (χ4v) is 3.11. The molecule has 0 saturated carbocycles. The number of alkyl halides is 2. The number of halogens is 4. The third-order valence-electron chi connectivity index (χ3n) is 4.53. The maximum Gasteiger partial charge on any atom is 0.414 e. The van der Waals surface area contributed by atoms with Crippen LogP contribution < -0.4 is 15.1 Å². The third-order valence-corrected chi connectivity index (χ3v) is 4.53. The zero-order valence-corrected chi connectivity index (χ0v) is 15.5. The normalized spacial score (nSPS) is 19.7. The van der Waals surface area contributed by atoms with Crippen LogP contribution in [0.25, 0.3) is 0 Å². The van der Waals surface area contributed by atoms with Gasteiger partial charge in [0.25, 0.3) is 5.91 Å². The average molecular weight is 434 g/mol. The molecule has 2 fully saturated rings. The summed E-state index contributed by atoms with van der Waals surface area (Å²) in [6.07, 6.45) is -4.62. The molecule has 2 aliphatic rings. The number of nitrogens with one attached hydrogen (secondary N) is 1. The molecule has 0 bridgehead atoms. The van der Waals surface area contributed by atoms with Crippen molar-refractivity contribution in [3.05, 3.63) is 23.8 Å². The number of amides is 3. The molecule has 0 spiro atoms. The fourth-order valence-electron chi connectivity index (χ4n) is 3.11. The molecule has 13 heteroatoms. The summed E-state index contributed by atoms with van der Waals surface area (Å²) < 4.78 is 58.8. The molecule has 0 aliphatic carbocycles. The van der Waals surface area contributed by atoms with Crippen LogP contribution in [0, 0.1) is 11.6 Å². The molecule has 1 aromatic rings. The van der Waals surface area contributed by atoms with Gasteiger partial charge in [0.1, 0.15) is 11.8 Å². The summed E-state index contributed by atoms with van der Waals surface area (Å²) in [5, 5.41) is 2.94. The summed E-state index contributed by atoms with van der Waals surface area (Å²) in [5.74, 6) is -3.39. The van der Waals surface area contributed by atoms with Crippen LogP contribution in [-0.2, 0) is 19.2 Å². The molecular weight excluding hydrogens is 416 g/mol. The molecule has 1 aromatic carbocycles. The van der Waals surface area contributed by atoms with Crippen LogP contribution in [0.1, 0.15) is 0 Å². The predicted octanol–water partition coefficient (Wildman–Crippen LogP) is 0.881. The molecule has 0 unspecified atom stereocenters. The highest BCUT2D eigenvalue weighted by atomic mass is 19.3. The molecule has 0 radical (unpaired) electrons. The number of carbonyl (C=O) groups is 3. The van der Waals surface area contributed by atoms with Crippen molar-refractivity contribution in [1.29, 1.82) is 0 Å². The Morgan fingerprint density at radius 3 is 2.57 bits per heavy atom. The second-order valence-corrected chi connectivity index (χ2v) is 6.49. The van der Waals surface area contributed by atoms with Crippen LogP contribution in [-0.4, -0.2) is 75.3 Å². The lowest BCUT2D eigenvalue weighted by Gasteiger charge is -2.24. The summed E-state index contributed by atoms with van der Waals surface area (Å²) in [7, 11) is 0. The van der Waals surface area contributed by atoms with Crippen molar-refractivity contribution in [3.8, 4) is 0 Å². The van der Waals surface area contributed by atoms with Gasteiger partial charge in [-0.05, 0) is 0 Å². The van der Waals surface area contributed by atoms with Crippen LogP contribution in [0.5, 0.6) is 0 Å². The van der Waals surface area contributed by atoms with E-state index in [1.54, 1.807) is 0 Å². The summed E-state index contributed by atoms with van der Waals surface area (Å²) in [6, 6.07) is 1.89. The molecule has 3 amide bonds. The number of nitrogens with zero attached hydrogens (tertiary/aromatic N) is 3. The van der Waals surface area contributed by atoms with Gasteiger partial charge in [0.15, 0.2) is 11.6 Å². The van der Waals surface area contributed by atoms with Gasteiger partial charge in [-0.1, -0.05) is 0 Å². The number of rotatable bonds is 6. The van der Waals surface area contributed by atoms with E-state index in [-0.39, 0.29) is 50.7 Å². The monoisotopic (exact) mass is 434 g/mol. The smallest absolute Gasteiger partial charge is 0.414 e. The van der Waals surface area contributed by atoms with E-state index in [0.717, 1.165) is 22.1 Å². The second-order valence-electron chi connectivity index (χ2n) is 6.49. The number of carbonyl (C=O) groups excluding carboxylic acids is 3. The maximum atomic E-state index is 14.7. The van der Waals surface area contributed by atoms with Crippen molar-refractivity contribution in [2.45, 2.75) is 12.5 Å². The average Bonchev–Trinajstić information content (AvgIpc) is 2.91. The van der Waals surface area contributed by atoms with Crippen molar-refractivity contribution in [3.63, 3.8) is 0 Å². The van der Waals surface area contributed by atoms with Crippen LogP contribution in [0.2, 0.25) is 0 Å². The molecule has 30 heavy (non-hydrogen) atoms. The zero-order valence-electron chi connectivity index (χ0n) is 15.5. The van der Waals surface area contributed by atoms with E-state index in [1.807, 2.05) is 5.32 Å². The van der Waals surface area contributed by atoms with Gasteiger partial charge < -0.3 is 15.0 Å². The topological polar surface area (TPSA) is 91.4 Å². The molecule has 3 rings (SSSR count). The fraction of sp³-hybridized carbons (Fsp3) is 0.471. The Labute approximate surface area is 168 Å². The number of benzene rings is 1. The highest BCUT2D eigenvalue weighted by molar-refractivity contribution is 5.90. The minimum absolute atomic E-state index is 0.0455. The van der Waals surface area contributed by atoms with Gasteiger partial charge >= 0.3 is 12.5 Å². The predicted molar refractivity (Wildman–Crippen MR) is 93.9 cm³/mol. The van der Waals surface area contributed by atoms with Crippen molar-refractivity contribution in [2.24, 2.45) is 0 Å². The van der Waals surface area contributed by atoms with Crippen molar-refractivity contribution in [2.75, 3.05) is 49.1 Å². The van der Waals surface area contributed by atoms with Crippen LogP contribution in [0.4, 0.5) is 33.7 Å². The van der Waals surface area contributed by atoms with Crippen LogP contribution in [0.3, 0.4) is 0 Å². The summed E-state index contributed by atoms with van der Waals surface area (Å²) >= 11 is 0. The van der Waals surface area contributed by atoms with Crippen LogP contribution >= 0.6 is 0 Å². The second kappa shape index (κ2) is 9.15. The SMILES string of the molecule is O=CN1CCN(c2c(F)cc(N3C[C@H](CNC(=O)C(F)F)OC3=O)cc2F)CCO1. The number of hydrogen-bond acceptors (Lipinski definition) is 6. The Morgan fingerprint density at radius 1 is 1.23 bits per heavy atom. The largest absolute Gasteiger partial charge is 0.442 e. The Balaban J connectivity index is 1.71. The minimum atomic E-state index is -3.21. The Hall–Kier alpha value is -3.09. The lowest BCUT2D eigenvalue weighted by molar-refractivity contribution is -0.166. The Bertz CT molecular complexity index is 804. The van der Waals surface area contributed by atoms with E-state index < -0.39 is 36.2 Å². The van der Waals surface area contributed by atoms with E-state index in [0.29, 0.717) is 6.41 Å². The van der Waals surface area contributed by atoms with Gasteiger partial charge in [-0.25, -0.2) is 18.6 Å². The quantitative estimate of drug-likeness (QED) is 0.528. The molecule has 1 atom stereocenters. The number of hydroxylamine groups is 2. The molecule has 2 aliphatic heterocycles. The number of cyclic esters (lactones) is 1. The van der Waals surface area contributed by atoms with Gasteiger partial charge in [-0.3, -0.25) is 19.3 Å². The lowest BCUT2D eigenvalue weighted by atomic mass is 10.2. The Morgan fingerprint density at radius 2 is 1.93 bits per heavy atom. The van der Waals surface area contributed by atoms with Crippen molar-refractivity contribution >= 4 is 29.8 Å². The first-order chi connectivity index (χ1) is 14.3. The molecule has 1 N–H and O–H groups in total. The lowest BCUT2D eigenvalue weighted by Crippen LogP contribution is -2.37. The summed E-state index contributed by atoms with van der Waals surface area (Å²) in [5.41, 5.74) is -0.453. The van der Waals surface area contributed by atoms with Gasteiger partial charge in [0, 0.05) is 25.2 Å². The van der Waals surface area contributed by atoms with Gasteiger partial charge in [0.2, 0.25) is 6.41 Å². The molecule has 2 heterocycles. The number of ether oxygens (including phenoxy) is 1. The zero-order chi connectivity index (χ0) is 21.8. The van der Waals surface area contributed by atoms with E-state index in [1.165, 1.54) is 4.90 Å². The van der Waals surface area contributed by atoms with Crippen LogP contribution in [0.15, 0.2) is 12.1 Å².